The van der Waals surface area contributed by atoms with Crippen LogP contribution in [-0.4, -0.2) is 28.4 Å². The Labute approximate surface area is 142 Å². The van der Waals surface area contributed by atoms with E-state index in [1.54, 1.807) is 37.3 Å². The van der Waals surface area contributed by atoms with Gasteiger partial charge in [0.05, 0.1) is 10.4 Å². The number of aryl methyl sites for hydroxylation is 1. The van der Waals surface area contributed by atoms with Gasteiger partial charge in [-0.05, 0) is 24.4 Å². The van der Waals surface area contributed by atoms with Crippen LogP contribution in [0.15, 0.2) is 46.3 Å². The van der Waals surface area contributed by atoms with Crippen LogP contribution in [0.5, 0.6) is 0 Å². The lowest BCUT2D eigenvalue weighted by Crippen LogP contribution is -2.27. The van der Waals surface area contributed by atoms with Crippen LogP contribution in [-0.2, 0) is 6.42 Å². The first kappa shape index (κ1) is 16.1. The molecule has 1 aromatic carbocycles. The normalized spacial score (nSPS) is 10.5. The van der Waals surface area contributed by atoms with Gasteiger partial charge in [-0.15, -0.1) is 11.3 Å². The number of nitrogens with zero attached hydrogens (tertiary/aromatic N) is 2. The fourth-order valence-corrected chi connectivity index (χ4v) is 2.92. The molecule has 2 heterocycles. The Bertz CT molecular complexity index is 856. The number of aromatic nitrogens is 2. The molecule has 0 aliphatic carbocycles. The van der Waals surface area contributed by atoms with E-state index in [2.05, 4.69) is 15.5 Å². The largest absolute Gasteiger partial charge is 0.351 e. The minimum atomic E-state index is -0.299. The first-order chi connectivity index (χ1) is 11.6. The predicted molar refractivity (Wildman–Crippen MR) is 89.3 cm³/mol. The summed E-state index contributed by atoms with van der Waals surface area (Å²) in [6.45, 7) is 2.08. The molecule has 0 aliphatic heterocycles. The van der Waals surface area contributed by atoms with E-state index >= 15 is 0 Å². The third-order valence-corrected chi connectivity index (χ3v) is 4.22. The van der Waals surface area contributed by atoms with Gasteiger partial charge >= 0.3 is 0 Å². The number of rotatable bonds is 6. The molecule has 0 aliphatic rings. The first-order valence-corrected chi connectivity index (χ1v) is 8.28. The lowest BCUT2D eigenvalue weighted by molar-refractivity contribution is 0.0942. The molecule has 0 atom stereocenters. The number of nitrogens with one attached hydrogen (secondary N) is 1. The second kappa shape index (κ2) is 7.18. The van der Waals surface area contributed by atoms with E-state index in [1.165, 1.54) is 11.3 Å². The minimum Gasteiger partial charge on any atom is -0.351 e. The zero-order valence-electron chi connectivity index (χ0n) is 13.0. The number of benzene rings is 1. The predicted octanol–water partition coefficient (Wildman–Crippen LogP) is 2.64. The lowest BCUT2D eigenvalue weighted by Gasteiger charge is -2.08. The highest BCUT2D eigenvalue weighted by atomic mass is 32.1. The maximum atomic E-state index is 12.5. The quantitative estimate of drug-likeness (QED) is 0.697. The molecule has 0 saturated carbocycles. The van der Waals surface area contributed by atoms with E-state index in [0.29, 0.717) is 40.7 Å². The average molecular weight is 341 g/mol. The van der Waals surface area contributed by atoms with Gasteiger partial charge in [0.15, 0.2) is 5.82 Å². The molecule has 0 radical (unpaired) electrons. The van der Waals surface area contributed by atoms with Crippen LogP contribution < -0.4 is 5.32 Å². The molecule has 0 bridgehead atoms. The zero-order chi connectivity index (χ0) is 16.9. The van der Waals surface area contributed by atoms with Crippen molar-refractivity contribution >= 4 is 23.0 Å². The maximum absolute atomic E-state index is 12.5. The second-order valence-corrected chi connectivity index (χ2v) is 6.04. The van der Waals surface area contributed by atoms with Crippen LogP contribution in [0.1, 0.15) is 37.3 Å². The molecule has 2 aromatic heterocycles. The van der Waals surface area contributed by atoms with Crippen molar-refractivity contribution in [2.75, 3.05) is 6.54 Å². The molecule has 3 rings (SSSR count). The van der Waals surface area contributed by atoms with Crippen molar-refractivity contribution in [2.24, 2.45) is 0 Å². The number of thiophene rings is 1. The Morgan fingerprint density at radius 1 is 1.17 bits per heavy atom. The molecule has 3 aromatic rings. The van der Waals surface area contributed by atoms with Crippen LogP contribution in [0.3, 0.4) is 0 Å². The van der Waals surface area contributed by atoms with Crippen LogP contribution in [0.25, 0.3) is 0 Å². The van der Waals surface area contributed by atoms with Crippen molar-refractivity contribution in [1.29, 1.82) is 0 Å². The molecule has 6 nitrogen and oxygen atoms in total. The molecule has 1 amide bonds. The maximum Gasteiger partial charge on any atom is 0.252 e. The molecular formula is C17H15N3O3S. The Morgan fingerprint density at radius 3 is 2.62 bits per heavy atom. The van der Waals surface area contributed by atoms with Crippen LogP contribution in [0.4, 0.5) is 0 Å². The topological polar surface area (TPSA) is 85.1 Å². The van der Waals surface area contributed by atoms with Crippen molar-refractivity contribution in [3.63, 3.8) is 0 Å². The minimum absolute atomic E-state index is 0.150. The molecule has 0 spiro atoms. The van der Waals surface area contributed by atoms with Crippen LogP contribution >= 0.6 is 11.3 Å². The summed E-state index contributed by atoms with van der Waals surface area (Å²) >= 11 is 1.35. The highest BCUT2D eigenvalue weighted by molar-refractivity contribution is 7.12. The van der Waals surface area contributed by atoms with E-state index in [9.17, 15) is 9.59 Å². The Hall–Kier alpha value is -2.80. The van der Waals surface area contributed by atoms with Gasteiger partial charge in [0.2, 0.25) is 11.7 Å². The SMILES string of the molecule is Cc1noc(CCNC(=O)c2ccccc2C(=O)c2cccs2)n1. The van der Waals surface area contributed by atoms with E-state index in [4.69, 9.17) is 4.52 Å². The average Bonchev–Trinajstić information content (AvgIpc) is 3.26. The number of amides is 1. The van der Waals surface area contributed by atoms with Crippen molar-refractivity contribution in [2.45, 2.75) is 13.3 Å². The van der Waals surface area contributed by atoms with E-state index < -0.39 is 0 Å². The van der Waals surface area contributed by atoms with Gasteiger partial charge in [0, 0.05) is 18.5 Å². The third kappa shape index (κ3) is 3.57. The summed E-state index contributed by atoms with van der Waals surface area (Å²) in [5.74, 6) is 0.578. The number of hydrogen-bond acceptors (Lipinski definition) is 6. The molecule has 0 unspecified atom stereocenters. The molecule has 7 heteroatoms. The van der Waals surface area contributed by atoms with Crippen LogP contribution in [0, 0.1) is 6.92 Å². The Balaban J connectivity index is 1.69. The van der Waals surface area contributed by atoms with E-state index in [0.717, 1.165) is 0 Å². The summed E-state index contributed by atoms with van der Waals surface area (Å²) in [6, 6.07) is 10.4. The van der Waals surface area contributed by atoms with Crippen molar-refractivity contribution in [3.8, 4) is 0 Å². The van der Waals surface area contributed by atoms with Gasteiger partial charge in [0.25, 0.3) is 5.91 Å². The second-order valence-electron chi connectivity index (χ2n) is 5.09. The fraction of sp³-hybridized carbons (Fsp3) is 0.176. The highest BCUT2D eigenvalue weighted by Gasteiger charge is 2.18. The molecule has 122 valence electrons. The van der Waals surface area contributed by atoms with Gasteiger partial charge in [-0.3, -0.25) is 9.59 Å². The van der Waals surface area contributed by atoms with Gasteiger partial charge in [-0.25, -0.2) is 0 Å². The zero-order valence-corrected chi connectivity index (χ0v) is 13.8. The van der Waals surface area contributed by atoms with Crippen molar-refractivity contribution in [1.82, 2.24) is 15.5 Å². The summed E-state index contributed by atoms with van der Waals surface area (Å²) in [5.41, 5.74) is 0.753. The molecular weight excluding hydrogens is 326 g/mol. The summed E-state index contributed by atoms with van der Waals surface area (Å²) in [7, 11) is 0. The Kier molecular flexibility index (Phi) is 4.81. The van der Waals surface area contributed by atoms with Gasteiger partial charge < -0.3 is 9.84 Å². The Morgan fingerprint density at radius 2 is 1.96 bits per heavy atom. The summed E-state index contributed by atoms with van der Waals surface area (Å²) in [5, 5.41) is 8.31. The number of carbonyl (C=O) groups is 2. The van der Waals surface area contributed by atoms with Crippen molar-refractivity contribution in [3.05, 3.63) is 69.5 Å². The molecule has 1 N–H and O–H groups in total. The fourth-order valence-electron chi connectivity index (χ4n) is 2.24. The number of carbonyl (C=O) groups excluding carboxylic acids is 2. The molecule has 0 fully saturated rings. The van der Waals surface area contributed by atoms with Crippen LogP contribution in [0.2, 0.25) is 0 Å². The van der Waals surface area contributed by atoms with Crippen molar-refractivity contribution < 1.29 is 14.1 Å². The summed E-state index contributed by atoms with van der Waals surface area (Å²) in [4.78, 5) is 29.6. The molecule has 24 heavy (non-hydrogen) atoms. The van der Waals surface area contributed by atoms with Gasteiger partial charge in [0.1, 0.15) is 0 Å². The summed E-state index contributed by atoms with van der Waals surface area (Å²) in [6.07, 6.45) is 0.438. The molecule has 0 saturated heterocycles. The first-order valence-electron chi connectivity index (χ1n) is 7.40. The van der Waals surface area contributed by atoms with E-state index in [-0.39, 0.29) is 11.7 Å². The number of hydrogen-bond donors (Lipinski definition) is 1. The highest BCUT2D eigenvalue weighted by Crippen LogP contribution is 2.18. The smallest absolute Gasteiger partial charge is 0.252 e. The van der Waals surface area contributed by atoms with Gasteiger partial charge in [-0.1, -0.05) is 29.4 Å². The summed E-state index contributed by atoms with van der Waals surface area (Å²) < 4.78 is 5.00. The third-order valence-electron chi connectivity index (χ3n) is 3.36. The lowest BCUT2D eigenvalue weighted by atomic mass is 10.0. The van der Waals surface area contributed by atoms with Gasteiger partial charge in [-0.2, -0.15) is 4.98 Å². The standard InChI is InChI=1S/C17H15N3O3S/c1-11-19-15(23-20-11)8-9-18-17(22)13-6-3-2-5-12(13)16(21)14-7-4-10-24-14/h2-7,10H,8-9H2,1H3,(H,18,22). The van der Waals surface area contributed by atoms with E-state index in [1.807, 2.05) is 11.4 Å². The number of ketones is 1. The monoisotopic (exact) mass is 341 g/mol.